The number of anilines is 2. The van der Waals surface area contributed by atoms with Crippen LogP contribution in [0, 0.1) is 6.92 Å². The minimum Gasteiger partial charge on any atom is -0.459 e. The summed E-state index contributed by atoms with van der Waals surface area (Å²) in [5.41, 5.74) is 4.58. The van der Waals surface area contributed by atoms with Crippen LogP contribution in [0.15, 0.2) is 71.3 Å². The van der Waals surface area contributed by atoms with Gasteiger partial charge in [-0.05, 0) is 68.0 Å². The van der Waals surface area contributed by atoms with Gasteiger partial charge in [0.2, 0.25) is 0 Å². The molecule has 0 saturated heterocycles. The molecule has 0 aliphatic heterocycles. The molecule has 0 unspecified atom stereocenters. The van der Waals surface area contributed by atoms with E-state index in [4.69, 9.17) is 4.42 Å². The molecule has 162 valence electrons. The molecule has 1 atom stereocenters. The van der Waals surface area contributed by atoms with Crippen LogP contribution in [0.1, 0.15) is 56.7 Å². The third-order valence-electron chi connectivity index (χ3n) is 5.79. The van der Waals surface area contributed by atoms with Crippen LogP contribution in [0.25, 0.3) is 0 Å². The number of hydrogen-bond donors (Lipinski definition) is 2. The Morgan fingerprint density at radius 1 is 1.03 bits per heavy atom. The fourth-order valence-electron chi connectivity index (χ4n) is 4.30. The highest BCUT2D eigenvalue weighted by Gasteiger charge is 2.29. The van der Waals surface area contributed by atoms with E-state index in [1.54, 1.807) is 23.5 Å². The number of fused-ring (bicyclic) bond motifs is 1. The van der Waals surface area contributed by atoms with E-state index in [1.165, 1.54) is 23.1 Å². The maximum atomic E-state index is 12.9. The van der Waals surface area contributed by atoms with E-state index in [0.29, 0.717) is 5.76 Å². The number of aromatic nitrogens is 1. The second-order valence-corrected chi connectivity index (χ2v) is 9.14. The number of nitrogens with zero attached hydrogens (tertiary/aromatic N) is 1. The van der Waals surface area contributed by atoms with Crippen molar-refractivity contribution < 1.29 is 9.21 Å². The summed E-state index contributed by atoms with van der Waals surface area (Å²) < 4.78 is 5.33. The number of hydrogen-bond acceptors (Lipinski definition) is 5. The molecule has 1 aromatic carbocycles. The van der Waals surface area contributed by atoms with Crippen LogP contribution in [0.2, 0.25) is 0 Å². The van der Waals surface area contributed by atoms with E-state index < -0.39 is 0 Å². The first-order valence-electron chi connectivity index (χ1n) is 10.9. The molecule has 0 bridgehead atoms. The highest BCUT2D eigenvalue weighted by molar-refractivity contribution is 7.16. The predicted molar refractivity (Wildman–Crippen MR) is 129 cm³/mol. The number of rotatable bonds is 6. The minimum atomic E-state index is -0.227. The van der Waals surface area contributed by atoms with Crippen LogP contribution in [-0.4, -0.2) is 10.9 Å². The van der Waals surface area contributed by atoms with Gasteiger partial charge in [0.1, 0.15) is 10.8 Å². The second-order valence-electron chi connectivity index (χ2n) is 8.04. The average molecular weight is 444 g/mol. The molecule has 2 N–H and O–H groups in total. The van der Waals surface area contributed by atoms with Gasteiger partial charge in [-0.15, -0.1) is 11.3 Å². The first kappa shape index (κ1) is 20.5. The summed E-state index contributed by atoms with van der Waals surface area (Å²) in [5, 5.41) is 7.68. The van der Waals surface area contributed by atoms with Crippen LogP contribution >= 0.6 is 11.3 Å². The summed E-state index contributed by atoms with van der Waals surface area (Å²) in [7, 11) is 0. The Hall–Kier alpha value is -3.38. The van der Waals surface area contributed by atoms with Gasteiger partial charge in [0.15, 0.2) is 5.76 Å². The van der Waals surface area contributed by atoms with Crippen molar-refractivity contribution in [2.75, 3.05) is 10.6 Å². The molecular weight excluding hydrogens is 418 g/mol. The Labute approximate surface area is 191 Å². The highest BCUT2D eigenvalue weighted by Crippen LogP contribution is 2.44. The van der Waals surface area contributed by atoms with Gasteiger partial charge in [0.25, 0.3) is 5.91 Å². The smallest absolute Gasteiger partial charge is 0.291 e. The third kappa shape index (κ3) is 4.18. The molecular formula is C26H25N3O2S. The largest absolute Gasteiger partial charge is 0.459 e. The van der Waals surface area contributed by atoms with Crippen molar-refractivity contribution in [1.82, 2.24) is 4.98 Å². The molecule has 32 heavy (non-hydrogen) atoms. The van der Waals surface area contributed by atoms with E-state index in [1.807, 2.05) is 43.3 Å². The highest BCUT2D eigenvalue weighted by atomic mass is 32.1. The number of furan rings is 1. The summed E-state index contributed by atoms with van der Waals surface area (Å²) in [5.74, 6) is 0.903. The summed E-state index contributed by atoms with van der Waals surface area (Å²) in [6, 6.07) is 19.6. The van der Waals surface area contributed by atoms with Gasteiger partial charge in [-0.1, -0.05) is 36.4 Å². The summed E-state index contributed by atoms with van der Waals surface area (Å²) in [6.07, 6.45) is 5.93. The molecule has 0 saturated carbocycles. The monoisotopic (exact) mass is 443 g/mol. The zero-order valence-electron chi connectivity index (χ0n) is 17.9. The average Bonchev–Trinajstić information content (AvgIpc) is 3.46. The molecule has 1 aliphatic carbocycles. The van der Waals surface area contributed by atoms with Gasteiger partial charge in [0, 0.05) is 16.1 Å². The molecule has 0 spiro atoms. The standard InChI is InChI=1S/C26H25N3O2S/c1-17-9-7-15-22(27-17)28-24(18-10-3-2-4-11-18)23-19-12-5-6-14-21(19)32-26(23)29-25(30)20-13-8-16-31-20/h2-4,7-11,13,15-16,24H,5-6,12,14H2,1H3,(H,27,28)(H,29,30)/t24-/m0/s1. The number of thiophene rings is 1. The van der Waals surface area contributed by atoms with Gasteiger partial charge in [0.05, 0.1) is 12.3 Å². The molecule has 5 rings (SSSR count). The first-order valence-corrected chi connectivity index (χ1v) is 11.7. The van der Waals surface area contributed by atoms with E-state index >= 15 is 0 Å². The lowest BCUT2D eigenvalue weighted by molar-refractivity contribution is 0.0997. The number of benzene rings is 1. The van der Waals surface area contributed by atoms with Crippen molar-refractivity contribution in [3.05, 3.63) is 99.9 Å². The molecule has 1 amide bonds. The molecule has 1 aliphatic rings. The number of carbonyl (C=O) groups excluding carboxylic acids is 1. The molecule has 3 heterocycles. The van der Waals surface area contributed by atoms with Gasteiger partial charge < -0.3 is 15.1 Å². The second kappa shape index (κ2) is 9.01. The lowest BCUT2D eigenvalue weighted by Crippen LogP contribution is -2.18. The van der Waals surface area contributed by atoms with Crippen LogP contribution in [0.5, 0.6) is 0 Å². The van der Waals surface area contributed by atoms with Crippen LogP contribution in [0.3, 0.4) is 0 Å². The summed E-state index contributed by atoms with van der Waals surface area (Å²) in [4.78, 5) is 18.9. The van der Waals surface area contributed by atoms with E-state index in [-0.39, 0.29) is 11.9 Å². The van der Waals surface area contributed by atoms with Gasteiger partial charge in [-0.25, -0.2) is 4.98 Å². The SMILES string of the molecule is Cc1cccc(N[C@@H](c2ccccc2)c2c(NC(=O)c3ccco3)sc3c2CCCC3)n1. The number of nitrogens with one attached hydrogen (secondary N) is 2. The number of amides is 1. The zero-order valence-corrected chi connectivity index (χ0v) is 18.7. The lowest BCUT2D eigenvalue weighted by Gasteiger charge is -2.24. The molecule has 6 heteroatoms. The Kier molecular flexibility index (Phi) is 5.77. The molecule has 0 fully saturated rings. The van der Waals surface area contributed by atoms with Crippen molar-refractivity contribution >= 4 is 28.1 Å². The maximum Gasteiger partial charge on any atom is 0.291 e. The Bertz CT molecular complexity index is 1220. The summed E-state index contributed by atoms with van der Waals surface area (Å²) in [6.45, 7) is 1.99. The van der Waals surface area contributed by atoms with E-state index in [0.717, 1.165) is 46.9 Å². The van der Waals surface area contributed by atoms with Crippen molar-refractivity contribution in [2.24, 2.45) is 0 Å². The number of carbonyl (C=O) groups is 1. The van der Waals surface area contributed by atoms with Crippen molar-refractivity contribution in [1.29, 1.82) is 0 Å². The van der Waals surface area contributed by atoms with Crippen molar-refractivity contribution in [2.45, 2.75) is 38.6 Å². The van der Waals surface area contributed by atoms with E-state index in [9.17, 15) is 4.79 Å². The number of aryl methyl sites for hydroxylation is 2. The van der Waals surface area contributed by atoms with Gasteiger partial charge in [-0.3, -0.25) is 4.79 Å². The van der Waals surface area contributed by atoms with Crippen LogP contribution in [0.4, 0.5) is 10.8 Å². The topological polar surface area (TPSA) is 67.2 Å². The van der Waals surface area contributed by atoms with Crippen molar-refractivity contribution in [3.8, 4) is 0 Å². The van der Waals surface area contributed by atoms with Gasteiger partial charge >= 0.3 is 0 Å². The molecule has 3 aromatic heterocycles. The fourth-order valence-corrected chi connectivity index (χ4v) is 5.62. The normalized spacial score (nSPS) is 13.9. The number of pyridine rings is 1. The van der Waals surface area contributed by atoms with Crippen LogP contribution < -0.4 is 10.6 Å². The Morgan fingerprint density at radius 3 is 2.66 bits per heavy atom. The van der Waals surface area contributed by atoms with Crippen LogP contribution in [-0.2, 0) is 12.8 Å². The first-order chi connectivity index (χ1) is 15.7. The molecule has 0 radical (unpaired) electrons. The maximum absolute atomic E-state index is 12.9. The zero-order chi connectivity index (χ0) is 21.9. The Morgan fingerprint density at radius 2 is 1.88 bits per heavy atom. The minimum absolute atomic E-state index is 0.129. The van der Waals surface area contributed by atoms with E-state index in [2.05, 4.69) is 27.8 Å². The predicted octanol–water partition coefficient (Wildman–Crippen LogP) is 6.38. The lowest BCUT2D eigenvalue weighted by atomic mass is 9.89. The fraction of sp³-hybridized carbons (Fsp3) is 0.231. The third-order valence-corrected chi connectivity index (χ3v) is 7.01. The van der Waals surface area contributed by atoms with Gasteiger partial charge in [-0.2, -0.15) is 0 Å². The Balaban J connectivity index is 1.61. The summed E-state index contributed by atoms with van der Waals surface area (Å²) >= 11 is 1.69. The molecule has 4 aromatic rings. The quantitative estimate of drug-likeness (QED) is 0.363. The molecule has 5 nitrogen and oxygen atoms in total. The van der Waals surface area contributed by atoms with Crippen molar-refractivity contribution in [3.63, 3.8) is 0 Å².